The molecule has 4 rings (SSSR count). The number of nitrogens with zero attached hydrogens (tertiary/aromatic N) is 2. The van der Waals surface area contributed by atoms with Crippen LogP contribution in [0.5, 0.6) is 5.75 Å². The molecular weight excluding hydrogens is 370 g/mol. The third kappa shape index (κ3) is 4.86. The fraction of sp³-hybridized carbons (Fsp3) is 0.500. The van der Waals surface area contributed by atoms with E-state index < -0.39 is 0 Å². The van der Waals surface area contributed by atoms with Crippen molar-refractivity contribution >= 4 is 0 Å². The summed E-state index contributed by atoms with van der Waals surface area (Å²) >= 11 is 0. The highest BCUT2D eigenvalue weighted by atomic mass is 16.5. The topological polar surface area (TPSA) is 48.3 Å². The monoisotopic (exact) mass is 403 g/mol. The van der Waals surface area contributed by atoms with Gasteiger partial charge in [0, 0.05) is 18.6 Å². The molecule has 1 aliphatic heterocycles. The van der Waals surface area contributed by atoms with Crippen molar-refractivity contribution in [2.45, 2.75) is 62.6 Å². The largest absolute Gasteiger partial charge is 0.497 e. The van der Waals surface area contributed by atoms with Crippen LogP contribution in [0, 0.1) is 11.3 Å². The standard InChI is InChI=1S/C26H33N3O/c1-30-25-9-5-8-22(18-25)26(20-27)14-10-23(11-15-26)28-24-12-16-29(17-13-24)19-21-6-3-2-4-7-21/h2-9,18,23-24,28H,10-17,19H2,1H3. The maximum Gasteiger partial charge on any atom is 0.119 e. The normalized spacial score (nSPS) is 25.5. The molecule has 0 spiro atoms. The van der Waals surface area contributed by atoms with Crippen LogP contribution in [0.3, 0.4) is 0 Å². The van der Waals surface area contributed by atoms with Crippen molar-refractivity contribution in [2.24, 2.45) is 0 Å². The van der Waals surface area contributed by atoms with Crippen LogP contribution >= 0.6 is 0 Å². The molecule has 2 aliphatic rings. The molecule has 0 bridgehead atoms. The van der Waals surface area contributed by atoms with E-state index in [1.165, 1.54) is 18.4 Å². The predicted molar refractivity (Wildman–Crippen MR) is 120 cm³/mol. The van der Waals surface area contributed by atoms with Gasteiger partial charge in [-0.1, -0.05) is 42.5 Å². The maximum atomic E-state index is 10.00. The minimum absolute atomic E-state index is 0.369. The highest BCUT2D eigenvalue weighted by Crippen LogP contribution is 2.40. The summed E-state index contributed by atoms with van der Waals surface area (Å²) in [6, 6.07) is 22.6. The summed E-state index contributed by atoms with van der Waals surface area (Å²) in [6.07, 6.45) is 6.39. The molecule has 0 atom stereocenters. The second-order valence-electron chi connectivity index (χ2n) is 8.90. The summed E-state index contributed by atoms with van der Waals surface area (Å²) in [7, 11) is 1.68. The summed E-state index contributed by atoms with van der Waals surface area (Å²) in [5, 5.41) is 13.9. The van der Waals surface area contributed by atoms with E-state index in [0.717, 1.165) is 56.6 Å². The van der Waals surface area contributed by atoms with Crippen molar-refractivity contribution in [1.82, 2.24) is 10.2 Å². The molecule has 1 N–H and O–H groups in total. The quantitative estimate of drug-likeness (QED) is 0.762. The molecule has 158 valence electrons. The van der Waals surface area contributed by atoms with Gasteiger partial charge >= 0.3 is 0 Å². The molecule has 0 radical (unpaired) electrons. The Morgan fingerprint density at radius 1 is 1.00 bits per heavy atom. The molecule has 2 fully saturated rings. The third-order valence-electron chi connectivity index (χ3n) is 6.98. The fourth-order valence-corrected chi connectivity index (χ4v) is 5.10. The van der Waals surface area contributed by atoms with Crippen LogP contribution in [0.2, 0.25) is 0 Å². The van der Waals surface area contributed by atoms with E-state index in [1.807, 2.05) is 18.2 Å². The molecular formula is C26H33N3O. The van der Waals surface area contributed by atoms with E-state index in [2.05, 4.69) is 52.7 Å². The average molecular weight is 404 g/mol. The molecule has 4 heteroatoms. The minimum Gasteiger partial charge on any atom is -0.497 e. The van der Waals surface area contributed by atoms with E-state index in [1.54, 1.807) is 7.11 Å². The summed E-state index contributed by atoms with van der Waals surface area (Å²) in [6.45, 7) is 3.37. The highest BCUT2D eigenvalue weighted by molar-refractivity contribution is 5.38. The van der Waals surface area contributed by atoms with Gasteiger partial charge in [0.25, 0.3) is 0 Å². The van der Waals surface area contributed by atoms with Crippen molar-refractivity contribution in [3.05, 3.63) is 65.7 Å². The van der Waals surface area contributed by atoms with E-state index in [9.17, 15) is 5.26 Å². The summed E-state index contributed by atoms with van der Waals surface area (Å²) in [4.78, 5) is 2.57. The van der Waals surface area contributed by atoms with Gasteiger partial charge in [-0.25, -0.2) is 0 Å². The van der Waals surface area contributed by atoms with E-state index in [0.29, 0.717) is 12.1 Å². The van der Waals surface area contributed by atoms with Gasteiger partial charge < -0.3 is 10.1 Å². The van der Waals surface area contributed by atoms with Crippen LogP contribution in [0.15, 0.2) is 54.6 Å². The Bertz CT molecular complexity index is 844. The number of hydrogen-bond acceptors (Lipinski definition) is 4. The van der Waals surface area contributed by atoms with Crippen molar-refractivity contribution in [3.8, 4) is 11.8 Å². The average Bonchev–Trinajstić information content (AvgIpc) is 2.82. The fourth-order valence-electron chi connectivity index (χ4n) is 5.10. The minimum atomic E-state index is -0.369. The zero-order valence-electron chi connectivity index (χ0n) is 18.0. The first-order valence-electron chi connectivity index (χ1n) is 11.3. The van der Waals surface area contributed by atoms with Gasteiger partial charge in [-0.05, 0) is 74.9 Å². The number of piperidine rings is 1. The van der Waals surface area contributed by atoms with Crippen LogP contribution in [0.4, 0.5) is 0 Å². The van der Waals surface area contributed by atoms with Gasteiger partial charge in [-0.3, -0.25) is 4.90 Å². The number of methoxy groups -OCH3 is 1. The van der Waals surface area contributed by atoms with E-state index >= 15 is 0 Å². The SMILES string of the molecule is COc1cccc(C2(C#N)CCC(NC3CCN(Cc4ccccc4)CC3)CC2)c1. The van der Waals surface area contributed by atoms with Crippen LogP contribution in [-0.2, 0) is 12.0 Å². The summed E-state index contributed by atoms with van der Waals surface area (Å²) in [5.74, 6) is 0.838. The van der Waals surface area contributed by atoms with Crippen molar-refractivity contribution in [3.63, 3.8) is 0 Å². The molecule has 30 heavy (non-hydrogen) atoms. The second-order valence-corrected chi connectivity index (χ2v) is 8.90. The molecule has 1 aliphatic carbocycles. The van der Waals surface area contributed by atoms with Gasteiger partial charge in [0.05, 0.1) is 18.6 Å². The molecule has 0 amide bonds. The smallest absolute Gasteiger partial charge is 0.119 e. The molecule has 2 aromatic carbocycles. The lowest BCUT2D eigenvalue weighted by Gasteiger charge is -2.39. The van der Waals surface area contributed by atoms with Crippen molar-refractivity contribution in [2.75, 3.05) is 20.2 Å². The molecule has 1 heterocycles. The first kappa shape index (κ1) is 20.9. The van der Waals surface area contributed by atoms with Gasteiger partial charge in [-0.15, -0.1) is 0 Å². The van der Waals surface area contributed by atoms with E-state index in [-0.39, 0.29) is 5.41 Å². The van der Waals surface area contributed by atoms with Crippen molar-refractivity contribution in [1.29, 1.82) is 5.26 Å². The number of hydrogen-bond donors (Lipinski definition) is 1. The van der Waals surface area contributed by atoms with Gasteiger partial charge in [-0.2, -0.15) is 5.26 Å². The molecule has 1 saturated carbocycles. The lowest BCUT2D eigenvalue weighted by atomic mass is 9.69. The first-order chi connectivity index (χ1) is 14.7. The van der Waals surface area contributed by atoms with Crippen molar-refractivity contribution < 1.29 is 4.74 Å². The predicted octanol–water partition coefficient (Wildman–Crippen LogP) is 4.65. The number of benzene rings is 2. The maximum absolute atomic E-state index is 10.00. The van der Waals surface area contributed by atoms with Crippen LogP contribution in [0.25, 0.3) is 0 Å². The Morgan fingerprint density at radius 3 is 2.37 bits per heavy atom. The lowest BCUT2D eigenvalue weighted by molar-refractivity contribution is 0.173. The number of nitrogens with one attached hydrogen (secondary N) is 1. The molecule has 4 nitrogen and oxygen atoms in total. The number of likely N-dealkylation sites (tertiary alicyclic amines) is 1. The second kappa shape index (κ2) is 9.64. The molecule has 1 saturated heterocycles. The van der Waals surface area contributed by atoms with Gasteiger partial charge in [0.2, 0.25) is 0 Å². The zero-order chi connectivity index (χ0) is 20.8. The van der Waals surface area contributed by atoms with Crippen LogP contribution in [0.1, 0.15) is 49.7 Å². The Morgan fingerprint density at radius 2 is 1.70 bits per heavy atom. The molecule has 0 unspecified atom stereocenters. The van der Waals surface area contributed by atoms with Crippen LogP contribution in [-0.4, -0.2) is 37.2 Å². The molecule has 0 aromatic heterocycles. The van der Waals surface area contributed by atoms with E-state index in [4.69, 9.17) is 4.74 Å². The Labute approximate surface area is 180 Å². The summed E-state index contributed by atoms with van der Waals surface area (Å²) < 4.78 is 5.38. The number of nitriles is 1. The van der Waals surface area contributed by atoms with Crippen LogP contribution < -0.4 is 10.1 Å². The Kier molecular flexibility index (Phi) is 6.72. The summed E-state index contributed by atoms with van der Waals surface area (Å²) in [5.41, 5.74) is 2.14. The molecule has 2 aromatic rings. The zero-order valence-corrected chi connectivity index (χ0v) is 18.0. The van der Waals surface area contributed by atoms with Gasteiger partial charge in [0.1, 0.15) is 5.75 Å². The number of rotatable bonds is 6. The van der Waals surface area contributed by atoms with Gasteiger partial charge in [0.15, 0.2) is 0 Å². The Hall–Kier alpha value is -2.35. The highest BCUT2D eigenvalue weighted by Gasteiger charge is 2.38. The Balaban J connectivity index is 1.26. The lowest BCUT2D eigenvalue weighted by Crippen LogP contribution is -2.48. The third-order valence-corrected chi connectivity index (χ3v) is 6.98. The number of ether oxygens (including phenoxy) is 1. The first-order valence-corrected chi connectivity index (χ1v) is 11.3.